The largest absolute Gasteiger partial charge is 0.353 e. The highest BCUT2D eigenvalue weighted by Crippen LogP contribution is 2.18. The van der Waals surface area contributed by atoms with Gasteiger partial charge >= 0.3 is 6.03 Å². The van der Waals surface area contributed by atoms with Crippen molar-refractivity contribution in [2.24, 2.45) is 5.73 Å². The van der Waals surface area contributed by atoms with Crippen LogP contribution in [0.15, 0.2) is 0 Å². The minimum atomic E-state index is -0.861. The summed E-state index contributed by atoms with van der Waals surface area (Å²) >= 11 is 0. The number of nitrogens with two attached hydrogens (primary N) is 1. The lowest BCUT2D eigenvalue weighted by atomic mass is 10.3. The lowest BCUT2D eigenvalue weighted by Crippen LogP contribution is -2.40. The molecular weight excluding hydrogens is 224 g/mol. The van der Waals surface area contributed by atoms with E-state index in [0.717, 1.165) is 12.8 Å². The van der Waals surface area contributed by atoms with Gasteiger partial charge in [-0.1, -0.05) is 0 Å². The number of primary amides is 1. The predicted octanol–water partition coefficient (Wildman–Crippen LogP) is -1.17. The van der Waals surface area contributed by atoms with E-state index in [2.05, 4.69) is 10.6 Å². The minimum Gasteiger partial charge on any atom is -0.353 e. The highest BCUT2D eigenvalue weighted by molar-refractivity contribution is 5.94. The highest BCUT2D eigenvalue weighted by Gasteiger charge is 2.22. The Kier molecular flexibility index (Phi) is 5.41. The van der Waals surface area contributed by atoms with Gasteiger partial charge in [0.15, 0.2) is 0 Å². The van der Waals surface area contributed by atoms with E-state index >= 15 is 0 Å². The number of hydrogen-bond acceptors (Lipinski definition) is 4. The van der Waals surface area contributed by atoms with E-state index in [4.69, 9.17) is 5.73 Å². The Labute approximate surface area is 99.5 Å². The van der Waals surface area contributed by atoms with Crippen LogP contribution in [0.2, 0.25) is 0 Å². The Morgan fingerprint density at radius 3 is 2.47 bits per heavy atom. The Balaban J connectivity index is 1.91. The first-order valence-electron chi connectivity index (χ1n) is 5.67. The molecule has 1 saturated carbocycles. The van der Waals surface area contributed by atoms with E-state index in [1.165, 1.54) is 0 Å². The number of carbonyl (C=O) groups excluding carboxylic acids is 3. The Morgan fingerprint density at radius 2 is 1.88 bits per heavy atom. The zero-order chi connectivity index (χ0) is 12.7. The standard InChI is InChI=1S/C10H18N4O3/c11-10(17)14-9(16)6-12-5-1-2-8(15)13-7-3-4-7/h7,12H,1-6H2,(H,13,15)(H3,11,14,16,17). The van der Waals surface area contributed by atoms with Crippen LogP contribution >= 0.6 is 0 Å². The van der Waals surface area contributed by atoms with Crippen molar-refractivity contribution in [1.82, 2.24) is 16.0 Å². The topological polar surface area (TPSA) is 113 Å². The molecule has 1 rings (SSSR count). The number of hydrogen-bond donors (Lipinski definition) is 4. The summed E-state index contributed by atoms with van der Waals surface area (Å²) < 4.78 is 0. The van der Waals surface area contributed by atoms with Gasteiger partial charge in [-0.3, -0.25) is 14.9 Å². The second kappa shape index (κ2) is 6.85. The number of imide groups is 1. The molecule has 0 bridgehead atoms. The SMILES string of the molecule is NC(=O)NC(=O)CNCCCC(=O)NC1CC1. The smallest absolute Gasteiger partial charge is 0.318 e. The molecular formula is C10H18N4O3. The number of rotatable bonds is 7. The monoisotopic (exact) mass is 242 g/mol. The van der Waals surface area contributed by atoms with E-state index in [1.807, 2.05) is 5.32 Å². The summed E-state index contributed by atoms with van der Waals surface area (Å²) in [4.78, 5) is 32.5. The molecule has 96 valence electrons. The maximum absolute atomic E-state index is 11.3. The Hall–Kier alpha value is -1.63. The Morgan fingerprint density at radius 1 is 1.18 bits per heavy atom. The maximum atomic E-state index is 11.3. The predicted molar refractivity (Wildman–Crippen MR) is 61.0 cm³/mol. The molecule has 0 aliphatic heterocycles. The lowest BCUT2D eigenvalue weighted by Gasteiger charge is -2.05. The molecule has 0 aromatic carbocycles. The molecule has 0 atom stereocenters. The first kappa shape index (κ1) is 13.4. The summed E-state index contributed by atoms with van der Waals surface area (Å²) in [6, 6.07) is -0.475. The van der Waals surface area contributed by atoms with Crippen LogP contribution in [0, 0.1) is 0 Å². The van der Waals surface area contributed by atoms with Crippen LogP contribution in [0.5, 0.6) is 0 Å². The average molecular weight is 242 g/mol. The van der Waals surface area contributed by atoms with E-state index in [-0.39, 0.29) is 12.5 Å². The van der Waals surface area contributed by atoms with E-state index in [1.54, 1.807) is 0 Å². The van der Waals surface area contributed by atoms with Crippen LogP contribution in [0.25, 0.3) is 0 Å². The normalized spacial score (nSPS) is 14.1. The molecule has 7 heteroatoms. The lowest BCUT2D eigenvalue weighted by molar-refractivity contribution is -0.121. The molecule has 7 nitrogen and oxygen atoms in total. The van der Waals surface area contributed by atoms with Gasteiger partial charge in [-0.15, -0.1) is 0 Å². The van der Waals surface area contributed by atoms with Gasteiger partial charge in [0.05, 0.1) is 6.54 Å². The highest BCUT2D eigenvalue weighted by atomic mass is 16.2. The number of urea groups is 1. The summed E-state index contributed by atoms with van der Waals surface area (Å²) in [5, 5.41) is 7.62. The van der Waals surface area contributed by atoms with Gasteiger partial charge < -0.3 is 16.4 Å². The van der Waals surface area contributed by atoms with Crippen LogP contribution in [-0.4, -0.2) is 37.0 Å². The van der Waals surface area contributed by atoms with Crippen molar-refractivity contribution in [3.05, 3.63) is 0 Å². The molecule has 0 radical (unpaired) electrons. The van der Waals surface area contributed by atoms with Crippen LogP contribution < -0.4 is 21.7 Å². The second-order valence-corrected chi connectivity index (χ2v) is 4.03. The van der Waals surface area contributed by atoms with Crippen LogP contribution in [0.4, 0.5) is 4.79 Å². The third-order valence-corrected chi connectivity index (χ3v) is 2.25. The third-order valence-electron chi connectivity index (χ3n) is 2.25. The number of carbonyl (C=O) groups is 3. The van der Waals surface area contributed by atoms with Gasteiger partial charge in [-0.25, -0.2) is 4.79 Å². The molecule has 0 heterocycles. The molecule has 5 N–H and O–H groups in total. The second-order valence-electron chi connectivity index (χ2n) is 4.03. The van der Waals surface area contributed by atoms with Gasteiger partial charge in [0.2, 0.25) is 11.8 Å². The summed E-state index contributed by atoms with van der Waals surface area (Å²) in [5.41, 5.74) is 4.76. The Bertz CT molecular complexity index is 302. The van der Waals surface area contributed by atoms with E-state index in [0.29, 0.717) is 25.4 Å². The fourth-order valence-corrected chi connectivity index (χ4v) is 1.28. The molecule has 0 spiro atoms. The first-order chi connectivity index (χ1) is 8.08. The van der Waals surface area contributed by atoms with Crippen molar-refractivity contribution in [3.8, 4) is 0 Å². The van der Waals surface area contributed by atoms with Gasteiger partial charge in [0.25, 0.3) is 0 Å². The summed E-state index contributed by atoms with van der Waals surface area (Å²) in [7, 11) is 0. The van der Waals surface area contributed by atoms with Crippen molar-refractivity contribution in [2.45, 2.75) is 31.7 Å². The number of amides is 4. The van der Waals surface area contributed by atoms with Crippen molar-refractivity contribution in [3.63, 3.8) is 0 Å². The molecule has 0 aromatic rings. The summed E-state index contributed by atoms with van der Waals surface area (Å²) in [6.45, 7) is 0.567. The molecule has 1 fully saturated rings. The zero-order valence-corrected chi connectivity index (χ0v) is 9.62. The molecule has 4 amide bonds. The first-order valence-corrected chi connectivity index (χ1v) is 5.67. The third kappa shape index (κ3) is 7.29. The minimum absolute atomic E-state index is 0.0210. The van der Waals surface area contributed by atoms with Gasteiger partial charge in [-0.05, 0) is 25.8 Å². The van der Waals surface area contributed by atoms with Crippen molar-refractivity contribution in [1.29, 1.82) is 0 Å². The molecule has 1 aliphatic carbocycles. The summed E-state index contributed by atoms with van der Waals surface area (Å²) in [5.74, 6) is -0.421. The molecule has 0 saturated heterocycles. The number of nitrogens with one attached hydrogen (secondary N) is 3. The molecule has 17 heavy (non-hydrogen) atoms. The fourth-order valence-electron chi connectivity index (χ4n) is 1.28. The average Bonchev–Trinajstić information content (AvgIpc) is 2.99. The van der Waals surface area contributed by atoms with Crippen molar-refractivity contribution < 1.29 is 14.4 Å². The van der Waals surface area contributed by atoms with Crippen molar-refractivity contribution in [2.75, 3.05) is 13.1 Å². The van der Waals surface area contributed by atoms with Gasteiger partial charge in [0.1, 0.15) is 0 Å². The molecule has 0 unspecified atom stereocenters. The summed E-state index contributed by atoms with van der Waals surface area (Å²) in [6.07, 6.45) is 3.26. The quantitative estimate of drug-likeness (QED) is 0.421. The zero-order valence-electron chi connectivity index (χ0n) is 9.62. The molecule has 0 aromatic heterocycles. The van der Waals surface area contributed by atoms with Crippen LogP contribution in [0.3, 0.4) is 0 Å². The van der Waals surface area contributed by atoms with Gasteiger partial charge in [0, 0.05) is 12.5 Å². The van der Waals surface area contributed by atoms with Crippen LogP contribution in [0.1, 0.15) is 25.7 Å². The van der Waals surface area contributed by atoms with Crippen molar-refractivity contribution >= 4 is 17.8 Å². The van der Waals surface area contributed by atoms with Crippen LogP contribution in [-0.2, 0) is 9.59 Å². The van der Waals surface area contributed by atoms with E-state index in [9.17, 15) is 14.4 Å². The van der Waals surface area contributed by atoms with Gasteiger partial charge in [-0.2, -0.15) is 0 Å². The maximum Gasteiger partial charge on any atom is 0.318 e. The fraction of sp³-hybridized carbons (Fsp3) is 0.700. The molecule has 1 aliphatic rings. The van der Waals surface area contributed by atoms with E-state index < -0.39 is 11.9 Å².